The van der Waals surface area contributed by atoms with Gasteiger partial charge in [-0.3, -0.25) is 14.4 Å². The van der Waals surface area contributed by atoms with Crippen molar-refractivity contribution < 1.29 is 24.2 Å². The van der Waals surface area contributed by atoms with Crippen molar-refractivity contribution in [3.8, 4) is 0 Å². The van der Waals surface area contributed by atoms with Gasteiger partial charge in [-0.25, -0.2) is 0 Å². The number of rotatable bonds is 8. The summed E-state index contributed by atoms with van der Waals surface area (Å²) < 4.78 is 6.69. The van der Waals surface area contributed by atoms with E-state index in [0.717, 1.165) is 5.56 Å². The third-order valence-electron chi connectivity index (χ3n) is 8.88. The molecule has 6 rings (SSSR count). The highest BCUT2D eigenvalue weighted by Crippen LogP contribution is 2.64. The number of carbonyl (C=O) groups is 3. The summed E-state index contributed by atoms with van der Waals surface area (Å²) in [5, 5.41) is 16.9. The van der Waals surface area contributed by atoms with Crippen LogP contribution in [0.25, 0.3) is 0 Å². The van der Waals surface area contributed by atoms with Gasteiger partial charge in [0.2, 0.25) is 17.7 Å². The number of aliphatic hydroxyl groups excluding tert-OH is 1. The van der Waals surface area contributed by atoms with E-state index < -0.39 is 47.6 Å². The number of likely N-dealkylation sites (tertiary alicyclic amines) is 1. The fourth-order valence-electron chi connectivity index (χ4n) is 7.09. The highest BCUT2D eigenvalue weighted by Gasteiger charge is 2.78. The first-order valence-electron chi connectivity index (χ1n) is 13.8. The topological polar surface area (TPSA) is 108 Å². The maximum Gasteiger partial charge on any atom is 0.250 e. The fraction of sp³-hybridized carbons (Fsp3) is 0.344. The number of carbonyl (C=O) groups excluding carboxylic acids is 3. The quantitative estimate of drug-likeness (QED) is 0.376. The zero-order chi connectivity index (χ0) is 28.8. The molecule has 0 aliphatic carbocycles. The summed E-state index contributed by atoms with van der Waals surface area (Å²) in [6, 6.07) is 23.6. The van der Waals surface area contributed by atoms with Gasteiger partial charge < -0.3 is 25.4 Å². The molecule has 212 valence electrons. The van der Waals surface area contributed by atoms with E-state index in [1.807, 2.05) is 67.6 Å². The van der Waals surface area contributed by atoms with E-state index in [9.17, 15) is 19.5 Å². The van der Waals surface area contributed by atoms with Crippen molar-refractivity contribution in [3.63, 3.8) is 0 Å². The largest absolute Gasteiger partial charge is 0.394 e. The predicted octanol–water partition coefficient (Wildman–Crippen LogP) is 4.09. The Labute approximate surface area is 243 Å². The maximum atomic E-state index is 14.5. The zero-order valence-electron chi connectivity index (χ0n) is 22.6. The van der Waals surface area contributed by atoms with Crippen LogP contribution in [0.3, 0.4) is 0 Å². The Bertz CT molecular complexity index is 1470. The molecule has 3 aliphatic heterocycles. The second-order valence-corrected chi connectivity index (χ2v) is 11.7. The van der Waals surface area contributed by atoms with Crippen LogP contribution in [0.2, 0.25) is 5.02 Å². The molecule has 2 unspecified atom stereocenters. The lowest BCUT2D eigenvalue weighted by Crippen LogP contribution is -2.54. The lowest BCUT2D eigenvalue weighted by Gasteiger charge is -2.37. The Hall–Kier alpha value is -3.72. The van der Waals surface area contributed by atoms with E-state index in [4.69, 9.17) is 16.3 Å². The molecule has 3 saturated heterocycles. The fourth-order valence-corrected chi connectivity index (χ4v) is 7.27. The molecule has 3 aliphatic rings. The molecule has 3 heterocycles. The molecular formula is C32H32ClN3O5. The molecule has 3 amide bonds. The van der Waals surface area contributed by atoms with Gasteiger partial charge in [0, 0.05) is 6.54 Å². The normalized spacial score (nSPS) is 28.8. The van der Waals surface area contributed by atoms with Crippen molar-refractivity contribution in [2.24, 2.45) is 11.8 Å². The Morgan fingerprint density at radius 3 is 2.34 bits per heavy atom. The smallest absolute Gasteiger partial charge is 0.250 e. The van der Waals surface area contributed by atoms with Crippen LogP contribution in [0.5, 0.6) is 0 Å². The molecule has 3 aromatic carbocycles. The van der Waals surface area contributed by atoms with Crippen LogP contribution in [-0.2, 0) is 25.7 Å². The van der Waals surface area contributed by atoms with E-state index in [-0.39, 0.29) is 11.8 Å². The number of benzene rings is 3. The lowest BCUT2D eigenvalue weighted by molar-refractivity contribution is -0.148. The summed E-state index contributed by atoms with van der Waals surface area (Å²) in [4.78, 5) is 43.9. The van der Waals surface area contributed by atoms with Crippen LogP contribution in [0.1, 0.15) is 36.9 Å². The first-order valence-corrected chi connectivity index (χ1v) is 14.2. The number of fused-ring (bicyclic) bond motifs is 1. The average Bonchev–Trinajstić information content (AvgIpc) is 3.55. The lowest BCUT2D eigenvalue weighted by atomic mass is 9.66. The number of nitrogens with one attached hydrogen (secondary N) is 2. The third kappa shape index (κ3) is 4.51. The van der Waals surface area contributed by atoms with Gasteiger partial charge in [0.15, 0.2) is 0 Å². The number of aliphatic hydroxyl groups is 1. The number of nitrogens with zero attached hydrogens (tertiary/aromatic N) is 1. The number of halogens is 1. The number of hydrogen-bond donors (Lipinski definition) is 3. The van der Waals surface area contributed by atoms with Crippen LogP contribution >= 0.6 is 11.6 Å². The van der Waals surface area contributed by atoms with Gasteiger partial charge in [-0.05, 0) is 43.0 Å². The van der Waals surface area contributed by atoms with Crippen LogP contribution < -0.4 is 10.6 Å². The molecule has 1 spiro atoms. The molecule has 0 radical (unpaired) electrons. The number of para-hydroxylation sites is 1. The van der Waals surface area contributed by atoms with Gasteiger partial charge in [0.25, 0.3) is 0 Å². The maximum absolute atomic E-state index is 14.5. The van der Waals surface area contributed by atoms with Gasteiger partial charge in [-0.2, -0.15) is 0 Å². The van der Waals surface area contributed by atoms with Gasteiger partial charge in [-0.1, -0.05) is 84.4 Å². The van der Waals surface area contributed by atoms with E-state index >= 15 is 0 Å². The standard InChI is InChI=1S/C32H32ClN3O5/c1-31-16-17-32(41-31)26(25(31)28(38)34-18-20-10-4-2-5-11-20)30(40)36(24(19-37)21-12-6-3-7-13-21)27(32)29(39)35-23-15-9-8-14-22(23)33/h2-15,24-27,37H,16-19H2,1H3,(H,34,38)(H,35,39)/t24-,25+,26+,27?,31-,32?/m1/s1. The summed E-state index contributed by atoms with van der Waals surface area (Å²) in [6.07, 6.45) is 0.936. The van der Waals surface area contributed by atoms with Crippen LogP contribution in [0, 0.1) is 11.8 Å². The molecule has 6 atom stereocenters. The Balaban J connectivity index is 1.39. The molecule has 41 heavy (non-hydrogen) atoms. The summed E-state index contributed by atoms with van der Waals surface area (Å²) in [7, 11) is 0. The Morgan fingerprint density at radius 1 is 1.00 bits per heavy atom. The second-order valence-electron chi connectivity index (χ2n) is 11.3. The summed E-state index contributed by atoms with van der Waals surface area (Å²) in [6.45, 7) is 1.76. The third-order valence-corrected chi connectivity index (χ3v) is 9.21. The first kappa shape index (κ1) is 27.4. The van der Waals surface area contributed by atoms with Gasteiger partial charge in [0.05, 0.1) is 40.8 Å². The molecule has 3 fully saturated rings. The molecular weight excluding hydrogens is 542 g/mol. The number of ether oxygens (including phenoxy) is 1. The highest BCUT2D eigenvalue weighted by molar-refractivity contribution is 6.33. The zero-order valence-corrected chi connectivity index (χ0v) is 23.4. The van der Waals surface area contributed by atoms with Crippen molar-refractivity contribution in [1.82, 2.24) is 10.2 Å². The predicted molar refractivity (Wildman–Crippen MR) is 154 cm³/mol. The van der Waals surface area contributed by atoms with E-state index in [0.29, 0.717) is 35.7 Å². The van der Waals surface area contributed by atoms with Gasteiger partial charge in [-0.15, -0.1) is 0 Å². The minimum absolute atomic E-state index is 0.288. The second kappa shape index (κ2) is 10.6. The van der Waals surface area contributed by atoms with Crippen molar-refractivity contribution in [2.75, 3.05) is 11.9 Å². The molecule has 8 nitrogen and oxygen atoms in total. The SMILES string of the molecule is C[C@]12CCC3(O1)C(C(=O)Nc1ccccc1Cl)N([C@H](CO)c1ccccc1)C(=O)[C@@H]3[C@H]2C(=O)NCc1ccccc1. The molecule has 0 aromatic heterocycles. The van der Waals surface area contributed by atoms with E-state index in [1.165, 1.54) is 4.90 Å². The van der Waals surface area contributed by atoms with Gasteiger partial charge in [0.1, 0.15) is 11.6 Å². The molecule has 3 aromatic rings. The summed E-state index contributed by atoms with van der Waals surface area (Å²) in [5.41, 5.74) is -0.139. The van der Waals surface area contributed by atoms with E-state index in [1.54, 1.807) is 24.3 Å². The van der Waals surface area contributed by atoms with Crippen LogP contribution in [0.4, 0.5) is 5.69 Å². The minimum Gasteiger partial charge on any atom is -0.394 e. The minimum atomic E-state index is -1.24. The molecule has 2 bridgehead atoms. The Kier molecular flexibility index (Phi) is 7.09. The van der Waals surface area contributed by atoms with E-state index in [2.05, 4.69) is 10.6 Å². The Morgan fingerprint density at radius 2 is 1.66 bits per heavy atom. The first-order chi connectivity index (χ1) is 19.8. The summed E-state index contributed by atoms with van der Waals surface area (Å²) in [5.74, 6) is -2.84. The van der Waals surface area contributed by atoms with Crippen LogP contribution in [0.15, 0.2) is 84.9 Å². The molecule has 9 heteroatoms. The number of amides is 3. The van der Waals surface area contributed by atoms with Crippen molar-refractivity contribution in [3.05, 3.63) is 101 Å². The highest BCUT2D eigenvalue weighted by atomic mass is 35.5. The van der Waals surface area contributed by atoms with Crippen molar-refractivity contribution in [2.45, 2.75) is 49.6 Å². The van der Waals surface area contributed by atoms with Gasteiger partial charge >= 0.3 is 0 Å². The number of hydrogen-bond acceptors (Lipinski definition) is 5. The van der Waals surface area contributed by atoms with Crippen LogP contribution in [-0.4, -0.2) is 51.6 Å². The van der Waals surface area contributed by atoms with Crippen molar-refractivity contribution in [1.29, 1.82) is 0 Å². The summed E-state index contributed by atoms with van der Waals surface area (Å²) >= 11 is 6.37. The number of anilines is 1. The molecule has 3 N–H and O–H groups in total. The average molecular weight is 574 g/mol. The molecule has 0 saturated carbocycles. The van der Waals surface area contributed by atoms with Crippen molar-refractivity contribution >= 4 is 35.0 Å². The monoisotopic (exact) mass is 573 g/mol.